The van der Waals surface area contributed by atoms with Crippen LogP contribution in [0.25, 0.3) is 5.73 Å². The molecule has 0 fully saturated rings. The zero-order valence-electron chi connectivity index (χ0n) is 14.9. The van der Waals surface area contributed by atoms with Crippen LogP contribution in [-0.4, -0.2) is 15.4 Å². The van der Waals surface area contributed by atoms with Crippen molar-refractivity contribution in [2.24, 2.45) is 0 Å². The summed E-state index contributed by atoms with van der Waals surface area (Å²) >= 11 is 0. The molecule has 0 heterocycles. The van der Waals surface area contributed by atoms with Gasteiger partial charge < -0.3 is 35.3 Å². The van der Waals surface area contributed by atoms with Gasteiger partial charge in [0.1, 0.15) is 0 Å². The third-order valence-corrected chi connectivity index (χ3v) is 2.57. The van der Waals surface area contributed by atoms with E-state index in [1.165, 1.54) is 0 Å². The van der Waals surface area contributed by atoms with E-state index in [4.69, 9.17) is 5.73 Å². The van der Waals surface area contributed by atoms with Crippen molar-refractivity contribution in [3.8, 4) is 0 Å². The van der Waals surface area contributed by atoms with Crippen molar-refractivity contribution < 1.29 is 51.3 Å². The molecule has 130 valence electrons. The minimum atomic E-state index is -0.606. The molecule has 1 aliphatic rings. The van der Waals surface area contributed by atoms with Gasteiger partial charge in [-0.15, -0.1) is 6.42 Å². The largest absolute Gasteiger partial charge is 4.00 e. The van der Waals surface area contributed by atoms with E-state index in [2.05, 4.69) is 25.2 Å². The molecular weight excluding hydrogens is 393 g/mol. The predicted octanol–water partition coefficient (Wildman–Crippen LogP) is -0.726. The second kappa shape index (κ2) is 17.5. The smallest absolute Gasteiger partial charge is 1.00 e. The molecule has 0 saturated heterocycles. The number of amides is 1. The molecule has 0 unspecified atom stereocenters. The van der Waals surface area contributed by atoms with Gasteiger partial charge in [-0.05, 0) is 11.0 Å². The van der Waals surface area contributed by atoms with Gasteiger partial charge in [0.05, 0.1) is 5.91 Å². The molecule has 1 aromatic carbocycles. The molecular formula is C18H25Cl2NOSiTi. The maximum absolute atomic E-state index is 11.0. The van der Waals surface area contributed by atoms with E-state index >= 15 is 0 Å². The van der Waals surface area contributed by atoms with Gasteiger partial charge in [-0.2, -0.15) is 6.08 Å². The van der Waals surface area contributed by atoms with E-state index < -0.39 is 5.91 Å². The quantitative estimate of drug-likeness (QED) is 0.438. The average molecular weight is 418 g/mol. The summed E-state index contributed by atoms with van der Waals surface area (Å²) < 4.78 is 0. The predicted molar refractivity (Wildman–Crippen MR) is 92.8 cm³/mol. The Balaban J connectivity index is -0.000000154. The molecule has 2 rings (SSSR count). The third kappa shape index (κ3) is 14.1. The monoisotopic (exact) mass is 417 g/mol. The van der Waals surface area contributed by atoms with Crippen molar-refractivity contribution in [1.29, 1.82) is 0 Å². The fourth-order valence-corrected chi connectivity index (χ4v) is 1.68. The van der Waals surface area contributed by atoms with E-state index in [1.807, 2.05) is 45.1 Å². The van der Waals surface area contributed by atoms with Crippen LogP contribution in [0.1, 0.15) is 43.1 Å². The summed E-state index contributed by atoms with van der Waals surface area (Å²) in [5, 5.41) is 0. The van der Waals surface area contributed by atoms with Crippen molar-refractivity contribution in [2.75, 3.05) is 0 Å². The molecule has 1 aliphatic carbocycles. The van der Waals surface area contributed by atoms with Gasteiger partial charge in [0.15, 0.2) is 0 Å². The Morgan fingerprint density at radius 3 is 1.92 bits per heavy atom. The van der Waals surface area contributed by atoms with Crippen molar-refractivity contribution in [3.05, 3.63) is 65.4 Å². The zero-order valence-corrected chi connectivity index (χ0v) is 19.0. The Labute approximate surface area is 177 Å². The first-order valence-corrected chi connectivity index (χ1v) is 9.00. The van der Waals surface area contributed by atoms with Crippen LogP contribution in [0.3, 0.4) is 0 Å². The maximum atomic E-state index is 11.0. The second-order valence-electron chi connectivity index (χ2n) is 5.63. The van der Waals surface area contributed by atoms with Crippen LogP contribution >= 0.6 is 0 Å². The fourth-order valence-electron chi connectivity index (χ4n) is 1.68. The minimum Gasteiger partial charge on any atom is -1.00 e. The Hall–Kier alpha value is -0.319. The number of nitrogens with one attached hydrogen (secondary N) is 1. The number of hydrogen-bond acceptors (Lipinski definition) is 1. The third-order valence-electron chi connectivity index (χ3n) is 2.57. The standard InChI is InChI=1S/C11H15NO.C5H5.C2H6Si.2ClH.Ti/c1-11(2,3)9-7-5-4-6-8(9)10(12)13;1-2-4-5-3-1;1-3-2;;;/h4-7H,1-3H3,(H2,12,13);1-3H,4H2;1-2H3;2*1H;/q;-1;;;;+4/p-3. The van der Waals surface area contributed by atoms with Gasteiger partial charge in [-0.1, -0.05) is 58.1 Å². The van der Waals surface area contributed by atoms with E-state index in [0.29, 0.717) is 5.56 Å². The molecule has 0 spiro atoms. The van der Waals surface area contributed by atoms with Crippen LogP contribution in [0.4, 0.5) is 0 Å². The van der Waals surface area contributed by atoms with Crippen LogP contribution in [-0.2, 0) is 27.1 Å². The average Bonchev–Trinajstić information content (AvgIpc) is 2.97. The molecule has 2 nitrogen and oxygen atoms in total. The van der Waals surface area contributed by atoms with Crippen LogP contribution < -0.4 is 24.8 Å². The molecule has 0 saturated carbocycles. The molecule has 0 aliphatic heterocycles. The van der Waals surface area contributed by atoms with Gasteiger partial charge in [-0.25, -0.2) is 12.2 Å². The maximum Gasteiger partial charge on any atom is 4.00 e. The fraction of sp³-hybridized carbons (Fsp3) is 0.389. The normalized spacial score (nSPS) is 10.5. The Kier molecular flexibility index (Phi) is 22.9. The molecule has 1 amide bonds. The van der Waals surface area contributed by atoms with Crippen LogP contribution in [0.15, 0.2) is 42.5 Å². The summed E-state index contributed by atoms with van der Waals surface area (Å²) in [6.07, 6.45) is 10.0. The van der Waals surface area contributed by atoms with E-state index in [9.17, 15) is 4.79 Å². The van der Waals surface area contributed by atoms with Crippen LogP contribution in [0.5, 0.6) is 0 Å². The van der Waals surface area contributed by atoms with E-state index in [-0.39, 0.29) is 51.9 Å². The number of benzene rings is 1. The first kappa shape index (κ1) is 31.5. The molecule has 2 radical (unpaired) electrons. The molecule has 0 atom stereocenters. The number of rotatable bonds is 1. The van der Waals surface area contributed by atoms with Gasteiger partial charge in [-0.3, -0.25) is 6.08 Å². The van der Waals surface area contributed by atoms with E-state index in [1.54, 1.807) is 12.1 Å². The minimum absolute atomic E-state index is 0. The summed E-state index contributed by atoms with van der Waals surface area (Å²) in [4.78, 5) is 11.0. The first-order chi connectivity index (χ1) is 9.84. The van der Waals surface area contributed by atoms with Crippen LogP contribution in [0.2, 0.25) is 13.1 Å². The van der Waals surface area contributed by atoms with Gasteiger partial charge in [0.2, 0.25) is 0 Å². The first-order valence-electron chi connectivity index (χ1n) is 7.00. The van der Waals surface area contributed by atoms with Crippen molar-refractivity contribution in [1.82, 2.24) is 0 Å². The summed E-state index contributed by atoms with van der Waals surface area (Å²) in [5.41, 5.74) is 8.47. The van der Waals surface area contributed by atoms with Gasteiger partial charge >= 0.3 is 21.7 Å². The molecule has 6 heteroatoms. The summed E-state index contributed by atoms with van der Waals surface area (Å²) in [6.45, 7) is 10.4. The van der Waals surface area contributed by atoms with E-state index in [0.717, 1.165) is 21.5 Å². The molecule has 0 aromatic heterocycles. The summed E-state index contributed by atoms with van der Waals surface area (Å²) in [7, 11) is 1.08. The topological polar surface area (TPSA) is 40.9 Å². The summed E-state index contributed by atoms with van der Waals surface area (Å²) in [6, 6.07) is 7.29. The van der Waals surface area contributed by atoms with Crippen molar-refractivity contribution in [2.45, 2.75) is 45.7 Å². The number of carbonyl (C=O) groups excluding carboxylic acids is 1. The van der Waals surface area contributed by atoms with Crippen molar-refractivity contribution in [3.63, 3.8) is 0 Å². The van der Waals surface area contributed by atoms with Crippen LogP contribution in [0, 0.1) is 6.08 Å². The Bertz CT molecular complexity index is 490. The number of allylic oxidation sites excluding steroid dienone is 4. The van der Waals surface area contributed by atoms with Gasteiger partial charge in [0, 0.05) is 15.1 Å². The number of carbonyl (C=O) groups is 1. The van der Waals surface area contributed by atoms with Gasteiger partial charge in [0.25, 0.3) is 0 Å². The Morgan fingerprint density at radius 1 is 1.17 bits per heavy atom. The molecule has 1 N–H and O–H groups in total. The van der Waals surface area contributed by atoms with Crippen molar-refractivity contribution >= 4 is 15.4 Å². The molecule has 1 aromatic rings. The summed E-state index contributed by atoms with van der Waals surface area (Å²) in [5.74, 6) is -0.606. The molecule has 0 bridgehead atoms. The SMILES string of the molecule is CC(C)(C)c1ccccc1C([NH-])=O.C[Si]C.[C-]1=CC=CC1.[Cl-].[Cl-].[Ti+4]. The number of hydrogen-bond donors (Lipinski definition) is 0. The second-order valence-corrected chi connectivity index (χ2v) is 6.63. The zero-order chi connectivity index (χ0) is 16.3. The Morgan fingerprint density at radius 2 is 1.67 bits per heavy atom. The number of halogens is 2. The molecule has 24 heavy (non-hydrogen) atoms.